The van der Waals surface area contributed by atoms with Crippen LogP contribution < -0.4 is 10.6 Å². The zero-order valence-corrected chi connectivity index (χ0v) is 11.5. The first-order valence-corrected chi connectivity index (χ1v) is 6.77. The molecule has 0 aromatic carbocycles. The van der Waals surface area contributed by atoms with Crippen LogP contribution in [0, 0.1) is 0 Å². The predicted octanol–water partition coefficient (Wildman–Crippen LogP) is 0.597. The van der Waals surface area contributed by atoms with Gasteiger partial charge in [-0.15, -0.1) is 0 Å². The third kappa shape index (κ3) is 3.54. The molecule has 0 saturated carbocycles. The number of nitrogen functional groups attached to an aromatic ring is 1. The van der Waals surface area contributed by atoms with Gasteiger partial charge in [0.05, 0.1) is 18.8 Å². The van der Waals surface area contributed by atoms with Gasteiger partial charge in [0, 0.05) is 25.6 Å². The van der Waals surface area contributed by atoms with Crippen LogP contribution in [0.4, 0.5) is 11.6 Å². The summed E-state index contributed by atoms with van der Waals surface area (Å²) in [5.41, 5.74) is 5.84. The molecule has 1 aliphatic rings. The van der Waals surface area contributed by atoms with Gasteiger partial charge < -0.3 is 20.5 Å². The van der Waals surface area contributed by atoms with E-state index in [2.05, 4.69) is 21.8 Å². The third-order valence-corrected chi connectivity index (χ3v) is 3.11. The molecule has 6 heteroatoms. The maximum absolute atomic E-state index is 9.26. The summed E-state index contributed by atoms with van der Waals surface area (Å²) in [6.07, 6.45) is 1.70. The summed E-state index contributed by atoms with van der Waals surface area (Å²) in [5.74, 6) is 2.09. The number of aryl methyl sites for hydroxylation is 1. The van der Waals surface area contributed by atoms with Crippen molar-refractivity contribution in [2.75, 3.05) is 30.3 Å². The number of hydrogen-bond acceptors (Lipinski definition) is 6. The predicted molar refractivity (Wildman–Crippen MR) is 74.1 cm³/mol. The lowest BCUT2D eigenvalue weighted by molar-refractivity contribution is -0.0423. The van der Waals surface area contributed by atoms with Crippen LogP contribution in [-0.4, -0.2) is 47.0 Å². The van der Waals surface area contributed by atoms with Crippen molar-refractivity contribution in [1.82, 2.24) is 9.97 Å². The van der Waals surface area contributed by atoms with E-state index in [0.29, 0.717) is 12.4 Å². The van der Waals surface area contributed by atoms with Gasteiger partial charge in [-0.2, -0.15) is 0 Å². The van der Waals surface area contributed by atoms with Crippen molar-refractivity contribution in [2.24, 2.45) is 0 Å². The van der Waals surface area contributed by atoms with Gasteiger partial charge in [0.2, 0.25) is 0 Å². The van der Waals surface area contributed by atoms with E-state index in [4.69, 9.17) is 10.5 Å². The van der Waals surface area contributed by atoms with Gasteiger partial charge in [0.25, 0.3) is 0 Å². The molecule has 1 aromatic heterocycles. The normalized spacial score (nSPS) is 23.6. The summed E-state index contributed by atoms with van der Waals surface area (Å²) < 4.78 is 5.63. The van der Waals surface area contributed by atoms with Crippen molar-refractivity contribution >= 4 is 11.6 Å². The Bertz CT molecular complexity index is 427. The Morgan fingerprint density at radius 3 is 2.95 bits per heavy atom. The summed E-state index contributed by atoms with van der Waals surface area (Å²) in [5, 5.41) is 9.26. The van der Waals surface area contributed by atoms with Gasteiger partial charge in [-0.05, 0) is 13.3 Å². The number of ether oxygens (including phenoxy) is 1. The van der Waals surface area contributed by atoms with Crippen molar-refractivity contribution in [3.63, 3.8) is 0 Å². The summed E-state index contributed by atoms with van der Waals surface area (Å²) in [4.78, 5) is 10.9. The standard InChI is InChI=1S/C13H22N4O2/c1-3-4-12-15-11(14)5-13(16-12)17-6-9(2)19-10(7-17)8-18/h5,9-10,18H,3-4,6-8H2,1-2H3,(H2,14,15,16). The second-order valence-electron chi connectivity index (χ2n) is 4.97. The number of aliphatic hydroxyl groups excluding tert-OH is 1. The molecular formula is C13H22N4O2. The van der Waals surface area contributed by atoms with Gasteiger partial charge in [-0.1, -0.05) is 6.92 Å². The zero-order valence-electron chi connectivity index (χ0n) is 11.5. The van der Waals surface area contributed by atoms with Crippen LogP contribution in [0.5, 0.6) is 0 Å². The summed E-state index contributed by atoms with van der Waals surface area (Å²) in [7, 11) is 0. The number of hydrogen-bond donors (Lipinski definition) is 2. The van der Waals surface area contributed by atoms with Crippen molar-refractivity contribution in [1.29, 1.82) is 0 Å². The van der Waals surface area contributed by atoms with E-state index in [9.17, 15) is 5.11 Å². The largest absolute Gasteiger partial charge is 0.394 e. The van der Waals surface area contributed by atoms with E-state index in [1.807, 2.05) is 6.92 Å². The van der Waals surface area contributed by atoms with E-state index in [-0.39, 0.29) is 18.8 Å². The molecule has 1 aromatic rings. The highest BCUT2D eigenvalue weighted by Crippen LogP contribution is 2.20. The van der Waals surface area contributed by atoms with Gasteiger partial charge in [0.1, 0.15) is 17.5 Å². The van der Waals surface area contributed by atoms with Gasteiger partial charge in [-0.3, -0.25) is 0 Å². The van der Waals surface area contributed by atoms with E-state index < -0.39 is 0 Å². The SMILES string of the molecule is CCCc1nc(N)cc(N2CC(C)OC(CO)C2)n1. The van der Waals surface area contributed by atoms with Gasteiger partial charge in [0.15, 0.2) is 0 Å². The number of morpholine rings is 1. The highest BCUT2D eigenvalue weighted by Gasteiger charge is 2.26. The zero-order chi connectivity index (χ0) is 13.8. The summed E-state index contributed by atoms with van der Waals surface area (Å²) >= 11 is 0. The van der Waals surface area contributed by atoms with E-state index in [0.717, 1.165) is 31.0 Å². The molecule has 6 nitrogen and oxygen atoms in total. The minimum absolute atomic E-state index is 0.0171. The molecule has 0 radical (unpaired) electrons. The van der Waals surface area contributed by atoms with Crippen molar-refractivity contribution in [3.05, 3.63) is 11.9 Å². The Balaban J connectivity index is 2.20. The Kier molecular flexibility index (Phi) is 4.55. The fourth-order valence-electron chi connectivity index (χ4n) is 2.33. The lowest BCUT2D eigenvalue weighted by atomic mass is 10.2. The Morgan fingerprint density at radius 1 is 1.47 bits per heavy atom. The Labute approximate surface area is 113 Å². The molecule has 3 N–H and O–H groups in total. The molecule has 1 aliphatic heterocycles. The average Bonchev–Trinajstić information content (AvgIpc) is 2.37. The molecule has 0 spiro atoms. The molecule has 0 aliphatic carbocycles. The molecule has 0 bridgehead atoms. The van der Waals surface area contributed by atoms with Crippen molar-refractivity contribution in [2.45, 2.75) is 38.9 Å². The minimum Gasteiger partial charge on any atom is -0.394 e. The first-order valence-electron chi connectivity index (χ1n) is 6.77. The topological polar surface area (TPSA) is 84.5 Å². The van der Waals surface area contributed by atoms with E-state index in [1.54, 1.807) is 6.07 Å². The average molecular weight is 266 g/mol. The number of aromatic nitrogens is 2. The fraction of sp³-hybridized carbons (Fsp3) is 0.692. The molecule has 2 atom stereocenters. The maximum Gasteiger partial charge on any atom is 0.134 e. The van der Waals surface area contributed by atoms with Crippen LogP contribution in [0.1, 0.15) is 26.1 Å². The number of rotatable bonds is 4. The summed E-state index contributed by atoms with van der Waals surface area (Å²) in [6, 6.07) is 1.78. The fourth-order valence-corrected chi connectivity index (χ4v) is 2.33. The molecular weight excluding hydrogens is 244 g/mol. The molecule has 2 unspecified atom stereocenters. The number of aliphatic hydroxyl groups is 1. The molecule has 0 amide bonds. The molecule has 1 saturated heterocycles. The van der Waals surface area contributed by atoms with Crippen LogP contribution >= 0.6 is 0 Å². The quantitative estimate of drug-likeness (QED) is 0.830. The lowest BCUT2D eigenvalue weighted by Gasteiger charge is -2.36. The first kappa shape index (κ1) is 14.0. The molecule has 2 heterocycles. The highest BCUT2D eigenvalue weighted by atomic mass is 16.5. The number of nitrogens with two attached hydrogens (primary N) is 1. The smallest absolute Gasteiger partial charge is 0.134 e. The second kappa shape index (κ2) is 6.16. The summed E-state index contributed by atoms with van der Waals surface area (Å²) in [6.45, 7) is 5.47. The van der Waals surface area contributed by atoms with Crippen LogP contribution in [0.15, 0.2) is 6.07 Å². The molecule has 1 fully saturated rings. The Hall–Kier alpha value is -1.40. The van der Waals surface area contributed by atoms with Gasteiger partial charge >= 0.3 is 0 Å². The van der Waals surface area contributed by atoms with Crippen LogP contribution in [-0.2, 0) is 11.2 Å². The first-order chi connectivity index (χ1) is 9.12. The molecule has 19 heavy (non-hydrogen) atoms. The van der Waals surface area contributed by atoms with Crippen molar-refractivity contribution < 1.29 is 9.84 Å². The van der Waals surface area contributed by atoms with E-state index in [1.165, 1.54) is 0 Å². The monoisotopic (exact) mass is 266 g/mol. The molecule has 2 rings (SSSR count). The Morgan fingerprint density at radius 2 is 2.26 bits per heavy atom. The lowest BCUT2D eigenvalue weighted by Crippen LogP contribution is -2.48. The van der Waals surface area contributed by atoms with Crippen LogP contribution in [0.25, 0.3) is 0 Å². The van der Waals surface area contributed by atoms with Crippen molar-refractivity contribution in [3.8, 4) is 0 Å². The third-order valence-electron chi connectivity index (χ3n) is 3.11. The van der Waals surface area contributed by atoms with Crippen LogP contribution in [0.2, 0.25) is 0 Å². The molecule has 106 valence electrons. The maximum atomic E-state index is 9.26. The highest BCUT2D eigenvalue weighted by molar-refractivity contribution is 5.47. The van der Waals surface area contributed by atoms with Crippen LogP contribution in [0.3, 0.4) is 0 Å². The minimum atomic E-state index is -0.172. The second-order valence-corrected chi connectivity index (χ2v) is 4.97. The van der Waals surface area contributed by atoms with E-state index >= 15 is 0 Å². The number of anilines is 2. The van der Waals surface area contributed by atoms with Gasteiger partial charge in [-0.25, -0.2) is 9.97 Å². The number of nitrogens with zero attached hydrogens (tertiary/aromatic N) is 3.